The molecule has 1 spiro atoms. The number of nitrogens with one attached hydrogen (secondary N) is 1. The number of piperidine rings is 1. The lowest BCUT2D eigenvalue weighted by Crippen LogP contribution is -2.38. The topological polar surface area (TPSA) is 84.7 Å². The first kappa shape index (κ1) is 21.5. The fourth-order valence-corrected chi connectivity index (χ4v) is 5.13. The molecule has 0 aromatic heterocycles. The van der Waals surface area contributed by atoms with Gasteiger partial charge in [-0.05, 0) is 74.6 Å². The third-order valence-electron chi connectivity index (χ3n) is 6.05. The van der Waals surface area contributed by atoms with Gasteiger partial charge in [0.2, 0.25) is 10.0 Å². The van der Waals surface area contributed by atoms with Crippen LogP contribution in [0.5, 0.6) is 11.5 Å². The molecule has 0 amide bonds. The summed E-state index contributed by atoms with van der Waals surface area (Å²) in [6.07, 6.45) is 3.43. The molecule has 2 heterocycles. The zero-order valence-electron chi connectivity index (χ0n) is 16.5. The van der Waals surface area contributed by atoms with Gasteiger partial charge in [0, 0.05) is 24.7 Å². The van der Waals surface area contributed by atoms with Crippen molar-refractivity contribution < 1.29 is 17.5 Å². The summed E-state index contributed by atoms with van der Waals surface area (Å²) >= 11 is 5.86. The molecule has 6 nitrogen and oxygen atoms in total. The molecule has 2 aromatic carbocycles. The lowest BCUT2D eigenvalue weighted by molar-refractivity contribution is 0.193. The van der Waals surface area contributed by atoms with Crippen LogP contribution < -0.4 is 15.2 Å². The molecule has 2 saturated heterocycles. The Morgan fingerprint density at radius 1 is 1.17 bits per heavy atom. The van der Waals surface area contributed by atoms with Gasteiger partial charge in [-0.1, -0.05) is 11.6 Å². The first-order chi connectivity index (χ1) is 14.2. The molecule has 2 aliphatic heterocycles. The van der Waals surface area contributed by atoms with E-state index in [9.17, 15) is 12.8 Å². The highest BCUT2D eigenvalue weighted by Gasteiger charge is 2.38. The minimum absolute atomic E-state index is 0.0393. The number of hydrogen-bond donors (Lipinski definition) is 2. The van der Waals surface area contributed by atoms with Gasteiger partial charge >= 0.3 is 0 Å². The van der Waals surface area contributed by atoms with Crippen molar-refractivity contribution in [3.8, 4) is 11.5 Å². The molecule has 0 aliphatic carbocycles. The molecule has 2 aliphatic rings. The fourth-order valence-electron chi connectivity index (χ4n) is 4.39. The number of hydrogen-bond acceptors (Lipinski definition) is 5. The molecule has 30 heavy (non-hydrogen) atoms. The van der Waals surface area contributed by atoms with Crippen LogP contribution in [-0.2, 0) is 16.6 Å². The zero-order valence-corrected chi connectivity index (χ0v) is 18.1. The number of benzene rings is 2. The van der Waals surface area contributed by atoms with E-state index in [1.165, 1.54) is 24.3 Å². The quantitative estimate of drug-likeness (QED) is 0.723. The van der Waals surface area contributed by atoms with Crippen molar-refractivity contribution in [3.63, 3.8) is 0 Å². The average molecular weight is 454 g/mol. The van der Waals surface area contributed by atoms with Crippen LogP contribution in [0.2, 0.25) is 5.02 Å². The largest absolute Gasteiger partial charge is 0.457 e. The monoisotopic (exact) mass is 453 g/mol. The molecular weight excluding hydrogens is 429 g/mol. The number of halogens is 2. The lowest BCUT2D eigenvalue weighted by atomic mass is 9.78. The van der Waals surface area contributed by atoms with Crippen LogP contribution in [0.15, 0.2) is 41.3 Å². The second kappa shape index (κ2) is 8.43. The number of nitrogens with two attached hydrogens (primary N) is 1. The van der Waals surface area contributed by atoms with E-state index in [0.717, 1.165) is 45.4 Å². The summed E-state index contributed by atoms with van der Waals surface area (Å²) in [4.78, 5) is 2.37. The van der Waals surface area contributed by atoms with E-state index >= 15 is 0 Å². The maximum absolute atomic E-state index is 13.5. The second-order valence-electron chi connectivity index (χ2n) is 8.20. The molecule has 3 N–H and O–H groups in total. The Hall–Kier alpha value is -1.71. The van der Waals surface area contributed by atoms with Crippen LogP contribution in [0, 0.1) is 11.2 Å². The molecule has 4 rings (SSSR count). The first-order valence-electron chi connectivity index (χ1n) is 9.96. The maximum atomic E-state index is 13.5. The summed E-state index contributed by atoms with van der Waals surface area (Å²) in [7, 11) is -3.84. The van der Waals surface area contributed by atoms with Gasteiger partial charge in [0.15, 0.2) is 0 Å². The third-order valence-corrected chi connectivity index (χ3v) is 7.26. The van der Waals surface area contributed by atoms with Gasteiger partial charge in [0.1, 0.15) is 17.3 Å². The lowest BCUT2D eigenvalue weighted by Gasteiger charge is -2.34. The molecule has 2 fully saturated rings. The molecule has 9 heteroatoms. The Balaban J connectivity index is 1.60. The van der Waals surface area contributed by atoms with Gasteiger partial charge in [-0.3, -0.25) is 4.90 Å². The van der Waals surface area contributed by atoms with Gasteiger partial charge in [0.25, 0.3) is 0 Å². The number of rotatable bonds is 5. The highest BCUT2D eigenvalue weighted by molar-refractivity contribution is 7.89. The molecule has 0 saturated carbocycles. The highest BCUT2D eigenvalue weighted by atomic mass is 35.5. The average Bonchev–Trinajstić information content (AvgIpc) is 3.07. The second-order valence-corrected chi connectivity index (χ2v) is 10.2. The molecule has 0 radical (unpaired) electrons. The van der Waals surface area contributed by atoms with Crippen LogP contribution in [0.4, 0.5) is 4.39 Å². The van der Waals surface area contributed by atoms with Crippen LogP contribution in [0.3, 0.4) is 0 Å². The summed E-state index contributed by atoms with van der Waals surface area (Å²) < 4.78 is 43.2. The van der Waals surface area contributed by atoms with Crippen molar-refractivity contribution in [1.29, 1.82) is 0 Å². The number of nitrogens with zero attached hydrogens (tertiary/aromatic N) is 1. The summed E-state index contributed by atoms with van der Waals surface area (Å²) in [6.45, 7) is 4.53. The molecule has 0 unspecified atom stereocenters. The predicted octanol–water partition coefficient (Wildman–Crippen LogP) is 3.49. The van der Waals surface area contributed by atoms with Gasteiger partial charge in [-0.15, -0.1) is 0 Å². The number of primary sulfonamides is 1. The smallest absolute Gasteiger partial charge is 0.238 e. The minimum Gasteiger partial charge on any atom is -0.457 e. The van der Waals surface area contributed by atoms with Crippen LogP contribution in [0.1, 0.15) is 24.8 Å². The Bertz CT molecular complexity index is 1040. The Labute approximate surface area is 181 Å². The van der Waals surface area contributed by atoms with E-state index in [2.05, 4.69) is 10.2 Å². The van der Waals surface area contributed by atoms with E-state index in [0.29, 0.717) is 29.0 Å². The van der Waals surface area contributed by atoms with E-state index in [1.807, 2.05) is 0 Å². The van der Waals surface area contributed by atoms with E-state index in [4.69, 9.17) is 21.5 Å². The van der Waals surface area contributed by atoms with Crippen molar-refractivity contribution in [3.05, 3.63) is 52.8 Å². The van der Waals surface area contributed by atoms with Crippen molar-refractivity contribution >= 4 is 21.6 Å². The van der Waals surface area contributed by atoms with Gasteiger partial charge in [0.05, 0.1) is 9.92 Å². The standard InChI is InChI=1S/C21H25ClFN3O3S/c22-18-12-16(1-3-19(18)23)29-20-4-2-17(30(24,27)28)11-15(20)13-26-10-7-21(14-26)5-8-25-9-6-21/h1-4,11-12,25H,5-10,13-14H2,(H2,24,27,28). The number of ether oxygens (including phenoxy) is 1. The maximum Gasteiger partial charge on any atom is 0.238 e. The summed E-state index contributed by atoms with van der Waals surface area (Å²) in [6, 6.07) is 8.67. The normalized spacial score (nSPS) is 19.3. The van der Waals surface area contributed by atoms with E-state index in [-0.39, 0.29) is 9.92 Å². The SMILES string of the molecule is NS(=O)(=O)c1ccc(Oc2ccc(F)c(Cl)c2)c(CN2CCC3(CCNCC3)C2)c1. The molecule has 2 aromatic rings. The van der Waals surface area contributed by atoms with Crippen LogP contribution in [0.25, 0.3) is 0 Å². The molecule has 0 atom stereocenters. The predicted molar refractivity (Wildman–Crippen MR) is 114 cm³/mol. The van der Waals surface area contributed by atoms with Crippen LogP contribution in [-0.4, -0.2) is 39.5 Å². The number of likely N-dealkylation sites (tertiary alicyclic amines) is 1. The fraction of sp³-hybridized carbons (Fsp3) is 0.429. The van der Waals surface area contributed by atoms with Gasteiger partial charge < -0.3 is 10.1 Å². The van der Waals surface area contributed by atoms with Crippen molar-refractivity contribution in [2.45, 2.75) is 30.7 Å². The Morgan fingerprint density at radius 2 is 1.93 bits per heavy atom. The summed E-state index contributed by atoms with van der Waals surface area (Å²) in [5.41, 5.74) is 1.04. The van der Waals surface area contributed by atoms with Crippen molar-refractivity contribution in [1.82, 2.24) is 10.2 Å². The van der Waals surface area contributed by atoms with E-state index in [1.54, 1.807) is 12.1 Å². The molecular formula is C21H25ClFN3O3S. The van der Waals surface area contributed by atoms with Crippen molar-refractivity contribution in [2.75, 3.05) is 26.2 Å². The molecule has 162 valence electrons. The third kappa shape index (κ3) is 4.78. The van der Waals surface area contributed by atoms with Crippen molar-refractivity contribution in [2.24, 2.45) is 10.6 Å². The Morgan fingerprint density at radius 3 is 2.63 bits per heavy atom. The molecule has 0 bridgehead atoms. The Kier molecular flexibility index (Phi) is 6.05. The van der Waals surface area contributed by atoms with Crippen LogP contribution >= 0.6 is 11.6 Å². The first-order valence-corrected chi connectivity index (χ1v) is 11.9. The zero-order chi connectivity index (χ0) is 21.4. The van der Waals surface area contributed by atoms with E-state index < -0.39 is 15.8 Å². The highest BCUT2D eigenvalue weighted by Crippen LogP contribution is 2.40. The number of sulfonamides is 1. The summed E-state index contributed by atoms with van der Waals surface area (Å²) in [5.74, 6) is 0.344. The summed E-state index contributed by atoms with van der Waals surface area (Å²) in [5, 5.41) is 8.71. The van der Waals surface area contributed by atoms with Gasteiger partial charge in [-0.25, -0.2) is 17.9 Å². The van der Waals surface area contributed by atoms with Gasteiger partial charge in [-0.2, -0.15) is 0 Å². The minimum atomic E-state index is -3.84.